The van der Waals surface area contributed by atoms with Gasteiger partial charge >= 0.3 is 0 Å². The lowest BCUT2D eigenvalue weighted by Gasteiger charge is -1.97. The van der Waals surface area contributed by atoms with E-state index in [1.807, 2.05) is 13.2 Å². The van der Waals surface area contributed by atoms with Gasteiger partial charge in [0.25, 0.3) is 0 Å². The van der Waals surface area contributed by atoms with Gasteiger partial charge in [-0.05, 0) is 5.92 Å². The fourth-order valence-corrected chi connectivity index (χ4v) is 0.287. The first-order valence-electron chi connectivity index (χ1n) is 2.66. The van der Waals surface area contributed by atoms with E-state index in [0.717, 1.165) is 6.42 Å². The van der Waals surface area contributed by atoms with Crippen LogP contribution in [-0.4, -0.2) is 6.29 Å². The van der Waals surface area contributed by atoms with Crippen LogP contribution < -0.4 is 0 Å². The van der Waals surface area contributed by atoms with Gasteiger partial charge in [-0.15, -0.1) is 0 Å². The summed E-state index contributed by atoms with van der Waals surface area (Å²) in [6.45, 7) is 4.12. The Labute approximate surface area is 44.7 Å². The van der Waals surface area contributed by atoms with Crippen LogP contribution in [0.15, 0.2) is 0 Å². The Hall–Kier alpha value is -0.330. The van der Waals surface area contributed by atoms with Crippen molar-refractivity contribution in [2.45, 2.75) is 26.7 Å². The molecule has 0 aliphatic heterocycles. The SMILES string of the molecule is CC[C@H](C)C[C]=O. The first-order valence-corrected chi connectivity index (χ1v) is 2.66. The Morgan fingerprint density at radius 3 is 2.43 bits per heavy atom. The van der Waals surface area contributed by atoms with E-state index in [1.54, 1.807) is 0 Å². The highest BCUT2D eigenvalue weighted by atomic mass is 16.1. The molecule has 0 N–H and O–H groups in total. The number of carbonyl (C=O) groups excluding carboxylic acids is 1. The van der Waals surface area contributed by atoms with E-state index in [1.165, 1.54) is 0 Å². The summed E-state index contributed by atoms with van der Waals surface area (Å²) < 4.78 is 0. The maximum atomic E-state index is 9.65. The summed E-state index contributed by atoms with van der Waals surface area (Å²) in [6.07, 6.45) is 3.54. The molecule has 0 aromatic rings. The molecular formula is C6H11O. The molecule has 0 aromatic carbocycles. The third-order valence-electron chi connectivity index (χ3n) is 1.13. The Bertz CT molecular complexity index is 50.1. The summed E-state index contributed by atoms with van der Waals surface area (Å²) in [7, 11) is 0. The first kappa shape index (κ1) is 6.67. The van der Waals surface area contributed by atoms with Crippen molar-refractivity contribution in [1.82, 2.24) is 0 Å². The zero-order valence-corrected chi connectivity index (χ0v) is 4.90. The van der Waals surface area contributed by atoms with Gasteiger partial charge in [-0.1, -0.05) is 20.3 Å². The minimum Gasteiger partial charge on any atom is -0.291 e. The van der Waals surface area contributed by atoms with E-state index >= 15 is 0 Å². The van der Waals surface area contributed by atoms with Gasteiger partial charge in [0.05, 0.1) is 0 Å². The van der Waals surface area contributed by atoms with E-state index in [2.05, 4.69) is 6.92 Å². The second-order valence-electron chi connectivity index (χ2n) is 1.86. The van der Waals surface area contributed by atoms with Crippen LogP contribution in [0.2, 0.25) is 0 Å². The lowest BCUT2D eigenvalue weighted by molar-refractivity contribution is 0.516. The summed E-state index contributed by atoms with van der Waals surface area (Å²) in [5.41, 5.74) is 0. The Morgan fingerprint density at radius 1 is 1.71 bits per heavy atom. The molecule has 0 saturated carbocycles. The quantitative estimate of drug-likeness (QED) is 0.524. The fourth-order valence-electron chi connectivity index (χ4n) is 0.287. The van der Waals surface area contributed by atoms with E-state index in [9.17, 15) is 4.79 Å². The highest BCUT2D eigenvalue weighted by molar-refractivity contribution is 5.50. The monoisotopic (exact) mass is 99.1 g/mol. The van der Waals surface area contributed by atoms with E-state index in [-0.39, 0.29) is 0 Å². The Kier molecular flexibility index (Phi) is 3.67. The zero-order valence-electron chi connectivity index (χ0n) is 4.90. The lowest BCUT2D eigenvalue weighted by Crippen LogP contribution is -1.90. The van der Waals surface area contributed by atoms with Crippen molar-refractivity contribution in [2.24, 2.45) is 5.92 Å². The van der Waals surface area contributed by atoms with Crippen molar-refractivity contribution in [3.05, 3.63) is 0 Å². The number of rotatable bonds is 3. The average molecular weight is 99.2 g/mol. The molecule has 0 fully saturated rings. The van der Waals surface area contributed by atoms with Crippen molar-refractivity contribution in [2.75, 3.05) is 0 Å². The summed E-state index contributed by atoms with van der Waals surface area (Å²) in [5.74, 6) is 0.525. The molecule has 0 heterocycles. The summed E-state index contributed by atoms with van der Waals surface area (Å²) in [6, 6.07) is 0. The van der Waals surface area contributed by atoms with Crippen LogP contribution in [-0.2, 0) is 4.79 Å². The molecule has 1 nitrogen and oxygen atoms in total. The van der Waals surface area contributed by atoms with Gasteiger partial charge in [0.1, 0.15) is 0 Å². The van der Waals surface area contributed by atoms with Gasteiger partial charge in [0, 0.05) is 6.42 Å². The average Bonchev–Trinajstić information content (AvgIpc) is 1.68. The van der Waals surface area contributed by atoms with Crippen molar-refractivity contribution in [1.29, 1.82) is 0 Å². The maximum absolute atomic E-state index is 9.65. The Balaban J connectivity index is 2.98. The first-order chi connectivity index (χ1) is 3.31. The molecule has 1 atom stereocenters. The minimum absolute atomic E-state index is 0.525. The zero-order chi connectivity index (χ0) is 5.70. The predicted molar refractivity (Wildman–Crippen MR) is 29.8 cm³/mol. The van der Waals surface area contributed by atoms with Gasteiger partial charge in [-0.25, -0.2) is 0 Å². The predicted octanol–water partition coefficient (Wildman–Crippen LogP) is 1.53. The standard InChI is InChI=1S/C6H11O/c1-3-6(2)4-5-7/h6H,3-4H2,1-2H3/t6-/m0/s1. The normalized spacial score (nSPS) is 13.4. The van der Waals surface area contributed by atoms with E-state index in [4.69, 9.17) is 0 Å². The van der Waals surface area contributed by atoms with Gasteiger partial charge in [-0.2, -0.15) is 0 Å². The third kappa shape index (κ3) is 3.50. The summed E-state index contributed by atoms with van der Waals surface area (Å²) in [5, 5.41) is 0. The molecule has 0 aliphatic rings. The lowest BCUT2D eigenvalue weighted by atomic mass is 10.1. The molecule has 0 aliphatic carbocycles. The van der Waals surface area contributed by atoms with Crippen LogP contribution >= 0.6 is 0 Å². The molecule has 0 unspecified atom stereocenters. The van der Waals surface area contributed by atoms with Crippen LogP contribution in [0, 0.1) is 5.92 Å². The molecule has 7 heavy (non-hydrogen) atoms. The third-order valence-corrected chi connectivity index (χ3v) is 1.13. The molecule has 0 spiro atoms. The van der Waals surface area contributed by atoms with E-state index in [0.29, 0.717) is 12.3 Å². The molecule has 1 heteroatoms. The highest BCUT2D eigenvalue weighted by Crippen LogP contribution is 2.01. The fraction of sp³-hybridized carbons (Fsp3) is 0.833. The second-order valence-corrected chi connectivity index (χ2v) is 1.86. The molecule has 0 aromatic heterocycles. The molecule has 0 rings (SSSR count). The van der Waals surface area contributed by atoms with Gasteiger partial charge in [-0.3, -0.25) is 4.79 Å². The van der Waals surface area contributed by atoms with Crippen LogP contribution in [0.1, 0.15) is 26.7 Å². The summed E-state index contributed by atoms with van der Waals surface area (Å²) >= 11 is 0. The van der Waals surface area contributed by atoms with Crippen molar-refractivity contribution < 1.29 is 4.79 Å². The van der Waals surface area contributed by atoms with Crippen molar-refractivity contribution >= 4 is 6.29 Å². The molecule has 0 saturated heterocycles. The Morgan fingerprint density at radius 2 is 2.29 bits per heavy atom. The molecule has 1 radical (unpaired) electrons. The maximum Gasteiger partial charge on any atom is 0.198 e. The molecule has 41 valence electrons. The second kappa shape index (κ2) is 3.85. The largest absolute Gasteiger partial charge is 0.291 e. The molecular weight excluding hydrogens is 88.1 g/mol. The van der Waals surface area contributed by atoms with Gasteiger partial charge in [0.15, 0.2) is 6.29 Å². The number of hydrogen-bond acceptors (Lipinski definition) is 1. The summed E-state index contributed by atoms with van der Waals surface area (Å²) in [4.78, 5) is 9.65. The molecule has 0 amide bonds. The van der Waals surface area contributed by atoms with Crippen LogP contribution in [0.5, 0.6) is 0 Å². The highest BCUT2D eigenvalue weighted by Gasteiger charge is 1.94. The molecule has 0 bridgehead atoms. The van der Waals surface area contributed by atoms with Crippen LogP contribution in [0.4, 0.5) is 0 Å². The van der Waals surface area contributed by atoms with Crippen LogP contribution in [0.25, 0.3) is 0 Å². The topological polar surface area (TPSA) is 17.1 Å². The van der Waals surface area contributed by atoms with Gasteiger partial charge < -0.3 is 0 Å². The van der Waals surface area contributed by atoms with E-state index < -0.39 is 0 Å². The number of hydrogen-bond donors (Lipinski definition) is 0. The van der Waals surface area contributed by atoms with Crippen LogP contribution in [0.3, 0.4) is 0 Å². The van der Waals surface area contributed by atoms with Crippen molar-refractivity contribution in [3.63, 3.8) is 0 Å². The van der Waals surface area contributed by atoms with Crippen molar-refractivity contribution in [3.8, 4) is 0 Å². The minimum atomic E-state index is 0.525. The smallest absolute Gasteiger partial charge is 0.198 e. The van der Waals surface area contributed by atoms with Gasteiger partial charge in [0.2, 0.25) is 0 Å².